The summed E-state index contributed by atoms with van der Waals surface area (Å²) in [6.45, 7) is 13.2. The zero-order valence-corrected chi connectivity index (χ0v) is 14.1. The first-order chi connectivity index (χ1) is 9.76. The molecule has 0 aromatic rings. The van der Waals surface area contributed by atoms with E-state index >= 15 is 0 Å². The number of quaternary nitrogens is 1. The maximum absolute atomic E-state index is 5.50. The molecule has 1 saturated heterocycles. The Kier molecular flexibility index (Phi) is 9.21. The third kappa shape index (κ3) is 7.44. The van der Waals surface area contributed by atoms with Crippen molar-refractivity contribution in [2.75, 3.05) is 32.8 Å². The molecule has 0 aromatic heterocycles. The fourth-order valence-corrected chi connectivity index (χ4v) is 3.33. The maximum atomic E-state index is 5.50. The van der Waals surface area contributed by atoms with Crippen LogP contribution in [0.5, 0.6) is 0 Å². The van der Waals surface area contributed by atoms with Gasteiger partial charge in [-0.2, -0.15) is 0 Å². The van der Waals surface area contributed by atoms with Crippen LogP contribution in [0.4, 0.5) is 0 Å². The van der Waals surface area contributed by atoms with Gasteiger partial charge in [-0.1, -0.05) is 32.9 Å². The lowest BCUT2D eigenvalue weighted by Crippen LogP contribution is -2.52. The standard InChI is InChI=1S/C18H36NO/c1-4-7-8-9-10-11-12-15-19(13-5-2,14-6-3)16-18-17-20-18/h7-8,18H,4-6,9-17H2,1-3H3/q+1/b8-7+. The largest absolute Gasteiger partial charge is 0.367 e. The first-order valence-corrected chi connectivity index (χ1v) is 8.88. The Morgan fingerprint density at radius 3 is 2.20 bits per heavy atom. The molecule has 1 atom stereocenters. The summed E-state index contributed by atoms with van der Waals surface area (Å²) in [5.41, 5.74) is 0. The van der Waals surface area contributed by atoms with Crippen molar-refractivity contribution in [1.29, 1.82) is 0 Å². The van der Waals surface area contributed by atoms with E-state index in [0.717, 1.165) is 6.61 Å². The zero-order valence-electron chi connectivity index (χ0n) is 14.1. The Labute approximate surface area is 126 Å². The topological polar surface area (TPSA) is 12.5 Å². The van der Waals surface area contributed by atoms with Gasteiger partial charge in [0, 0.05) is 0 Å². The number of ether oxygens (including phenoxy) is 1. The first kappa shape index (κ1) is 17.7. The minimum atomic E-state index is 0.570. The Bertz CT molecular complexity index is 252. The van der Waals surface area contributed by atoms with Crippen molar-refractivity contribution in [3.8, 4) is 0 Å². The van der Waals surface area contributed by atoms with Crippen LogP contribution < -0.4 is 0 Å². The van der Waals surface area contributed by atoms with Gasteiger partial charge in [-0.25, -0.2) is 0 Å². The van der Waals surface area contributed by atoms with Crippen molar-refractivity contribution in [3.05, 3.63) is 12.2 Å². The molecule has 1 heterocycles. The Balaban J connectivity index is 2.28. The molecule has 0 radical (unpaired) electrons. The quantitative estimate of drug-likeness (QED) is 0.209. The third-order valence-electron chi connectivity index (χ3n) is 4.29. The van der Waals surface area contributed by atoms with Gasteiger partial charge in [-0.05, 0) is 44.9 Å². The average molecular weight is 282 g/mol. The highest BCUT2D eigenvalue weighted by Crippen LogP contribution is 2.21. The molecule has 0 amide bonds. The fraction of sp³-hybridized carbons (Fsp3) is 0.889. The second-order valence-corrected chi connectivity index (χ2v) is 6.38. The van der Waals surface area contributed by atoms with Crippen LogP contribution >= 0.6 is 0 Å². The lowest BCUT2D eigenvalue weighted by Gasteiger charge is -2.38. The molecule has 20 heavy (non-hydrogen) atoms. The van der Waals surface area contributed by atoms with Crippen molar-refractivity contribution in [2.45, 2.75) is 71.8 Å². The number of rotatable bonds is 13. The minimum Gasteiger partial charge on any atom is -0.367 e. The van der Waals surface area contributed by atoms with Crippen LogP contribution in [0.15, 0.2) is 12.2 Å². The predicted octanol–water partition coefficient (Wildman–Crippen LogP) is 4.55. The van der Waals surface area contributed by atoms with E-state index in [-0.39, 0.29) is 0 Å². The molecule has 1 aliphatic rings. The molecule has 118 valence electrons. The Morgan fingerprint density at radius 1 is 0.950 bits per heavy atom. The van der Waals surface area contributed by atoms with Gasteiger partial charge in [0.2, 0.25) is 0 Å². The van der Waals surface area contributed by atoms with E-state index in [1.807, 2.05) is 0 Å². The summed E-state index contributed by atoms with van der Waals surface area (Å²) in [6, 6.07) is 0. The first-order valence-electron chi connectivity index (χ1n) is 8.88. The monoisotopic (exact) mass is 282 g/mol. The van der Waals surface area contributed by atoms with Gasteiger partial charge in [0.1, 0.15) is 12.6 Å². The van der Waals surface area contributed by atoms with Crippen molar-refractivity contribution >= 4 is 0 Å². The van der Waals surface area contributed by atoms with Crippen LogP contribution in [-0.2, 0) is 4.74 Å². The van der Waals surface area contributed by atoms with Gasteiger partial charge in [0.25, 0.3) is 0 Å². The number of epoxide rings is 1. The molecule has 0 saturated carbocycles. The Morgan fingerprint density at radius 2 is 1.65 bits per heavy atom. The lowest BCUT2D eigenvalue weighted by molar-refractivity contribution is -0.929. The van der Waals surface area contributed by atoms with E-state index in [9.17, 15) is 0 Å². The molecule has 0 aromatic carbocycles. The minimum absolute atomic E-state index is 0.570. The molecule has 2 nitrogen and oxygen atoms in total. The van der Waals surface area contributed by atoms with Crippen molar-refractivity contribution in [1.82, 2.24) is 0 Å². The Hall–Kier alpha value is -0.340. The van der Waals surface area contributed by atoms with E-state index in [1.165, 1.54) is 75.6 Å². The van der Waals surface area contributed by atoms with Gasteiger partial charge in [0.05, 0.1) is 26.2 Å². The molecule has 0 spiro atoms. The average Bonchev–Trinajstić information content (AvgIpc) is 3.22. The van der Waals surface area contributed by atoms with Gasteiger partial charge in [0.15, 0.2) is 0 Å². The van der Waals surface area contributed by atoms with Gasteiger partial charge in [-0.3, -0.25) is 0 Å². The molecule has 0 bridgehead atoms. The second kappa shape index (κ2) is 10.4. The van der Waals surface area contributed by atoms with Crippen molar-refractivity contribution < 1.29 is 9.22 Å². The van der Waals surface area contributed by atoms with Gasteiger partial charge >= 0.3 is 0 Å². The van der Waals surface area contributed by atoms with Crippen LogP contribution in [0.2, 0.25) is 0 Å². The lowest BCUT2D eigenvalue weighted by atomic mass is 10.1. The van der Waals surface area contributed by atoms with Crippen LogP contribution in [0, 0.1) is 0 Å². The smallest absolute Gasteiger partial charge is 0.130 e. The summed E-state index contributed by atoms with van der Waals surface area (Å²) in [5, 5.41) is 0. The molecule has 1 unspecified atom stereocenters. The van der Waals surface area contributed by atoms with Gasteiger partial charge < -0.3 is 9.22 Å². The highest BCUT2D eigenvalue weighted by Gasteiger charge is 2.35. The molecule has 1 fully saturated rings. The highest BCUT2D eigenvalue weighted by atomic mass is 16.6. The number of allylic oxidation sites excluding steroid dienone is 2. The zero-order chi connectivity index (χ0) is 14.7. The summed E-state index contributed by atoms with van der Waals surface area (Å²) >= 11 is 0. The molecule has 0 N–H and O–H groups in total. The van der Waals surface area contributed by atoms with Crippen LogP contribution in [0.25, 0.3) is 0 Å². The van der Waals surface area contributed by atoms with Gasteiger partial charge in [-0.15, -0.1) is 0 Å². The van der Waals surface area contributed by atoms with E-state index < -0.39 is 0 Å². The molecule has 1 aliphatic heterocycles. The van der Waals surface area contributed by atoms with Crippen LogP contribution in [-0.4, -0.2) is 43.4 Å². The third-order valence-corrected chi connectivity index (χ3v) is 4.29. The molecular formula is C18H36NO+. The SMILES string of the molecule is CC/C=C/CCCCC[N+](CCC)(CCC)CC1CO1. The summed E-state index contributed by atoms with van der Waals surface area (Å²) < 4.78 is 6.81. The van der Waals surface area contributed by atoms with Crippen LogP contribution in [0.1, 0.15) is 65.7 Å². The number of nitrogens with zero attached hydrogens (tertiary/aromatic N) is 1. The normalized spacial score (nSPS) is 18.9. The van der Waals surface area contributed by atoms with E-state index in [1.54, 1.807) is 0 Å². The molecule has 0 aliphatic carbocycles. The summed E-state index contributed by atoms with van der Waals surface area (Å²) in [5.74, 6) is 0. The van der Waals surface area contributed by atoms with Crippen LogP contribution in [0.3, 0.4) is 0 Å². The summed E-state index contributed by atoms with van der Waals surface area (Å²) in [7, 11) is 0. The van der Waals surface area contributed by atoms with Crippen molar-refractivity contribution in [2.24, 2.45) is 0 Å². The van der Waals surface area contributed by atoms with E-state index in [4.69, 9.17) is 4.74 Å². The molecule has 2 heteroatoms. The highest BCUT2D eigenvalue weighted by molar-refractivity contribution is 4.79. The number of unbranched alkanes of at least 4 members (excludes halogenated alkanes) is 3. The van der Waals surface area contributed by atoms with E-state index in [0.29, 0.717) is 6.10 Å². The number of hydrogen-bond acceptors (Lipinski definition) is 1. The van der Waals surface area contributed by atoms with E-state index in [2.05, 4.69) is 32.9 Å². The summed E-state index contributed by atoms with van der Waals surface area (Å²) in [4.78, 5) is 0. The van der Waals surface area contributed by atoms with Crippen molar-refractivity contribution in [3.63, 3.8) is 0 Å². The maximum Gasteiger partial charge on any atom is 0.130 e. The second-order valence-electron chi connectivity index (χ2n) is 6.38. The summed E-state index contributed by atoms with van der Waals surface area (Å²) in [6.07, 6.45) is 14.4. The molecule has 1 rings (SSSR count). The fourth-order valence-electron chi connectivity index (χ4n) is 3.33. The molecular weight excluding hydrogens is 246 g/mol. The predicted molar refractivity (Wildman–Crippen MR) is 87.9 cm³/mol. The number of hydrogen-bond donors (Lipinski definition) is 0.